The average molecular weight is 203 g/mol. The lowest BCUT2D eigenvalue weighted by molar-refractivity contribution is 0.563. The first-order valence-electron chi connectivity index (χ1n) is 5.14. The molecule has 0 heterocycles. The Hall–Kier alpha value is 0.394. The van der Waals surface area contributed by atoms with E-state index in [4.69, 9.17) is 0 Å². The molecule has 0 aromatic heterocycles. The summed E-state index contributed by atoms with van der Waals surface area (Å²) in [6, 6.07) is 3.05. The standard InChI is InChI=1S/C9H25NSi2/c1-6-10(2)11-8-7-9-12(3,4)5/h6-9,11H2,1-5H3. The van der Waals surface area contributed by atoms with E-state index >= 15 is 0 Å². The Morgan fingerprint density at radius 3 is 2.25 bits per heavy atom. The normalized spacial score (nSPS) is 13.5. The quantitative estimate of drug-likeness (QED) is 0.472. The first-order valence-corrected chi connectivity index (χ1v) is 10.5. The van der Waals surface area contributed by atoms with Gasteiger partial charge in [0, 0.05) is 8.07 Å². The van der Waals surface area contributed by atoms with E-state index in [2.05, 4.69) is 38.2 Å². The summed E-state index contributed by atoms with van der Waals surface area (Å²) < 4.78 is 2.53. The van der Waals surface area contributed by atoms with Crippen molar-refractivity contribution in [2.45, 2.75) is 45.1 Å². The molecular weight excluding hydrogens is 178 g/mol. The predicted molar refractivity (Wildman–Crippen MR) is 64.4 cm³/mol. The summed E-state index contributed by atoms with van der Waals surface area (Å²) in [6.07, 6.45) is 1.49. The van der Waals surface area contributed by atoms with Crippen molar-refractivity contribution < 1.29 is 0 Å². The zero-order valence-corrected chi connectivity index (χ0v) is 11.9. The Balaban J connectivity index is 3.22. The molecule has 3 heteroatoms. The molecule has 0 aliphatic carbocycles. The summed E-state index contributed by atoms with van der Waals surface area (Å²) in [4.78, 5) is 0. The highest BCUT2D eigenvalue weighted by molar-refractivity contribution is 6.76. The minimum Gasteiger partial charge on any atom is -0.332 e. The van der Waals surface area contributed by atoms with E-state index in [1.165, 1.54) is 25.1 Å². The minimum absolute atomic E-state index is 0.122. The second-order valence-electron chi connectivity index (χ2n) is 4.91. The fourth-order valence-corrected chi connectivity index (χ4v) is 4.34. The molecule has 0 saturated carbocycles. The maximum absolute atomic E-state index is 2.53. The van der Waals surface area contributed by atoms with E-state index in [1.54, 1.807) is 0 Å². The lowest BCUT2D eigenvalue weighted by atomic mass is 10.6. The van der Waals surface area contributed by atoms with Gasteiger partial charge in [-0.1, -0.05) is 45.1 Å². The Labute approximate surface area is 81.5 Å². The van der Waals surface area contributed by atoms with Crippen LogP contribution < -0.4 is 0 Å². The zero-order chi connectivity index (χ0) is 9.61. The summed E-state index contributed by atoms with van der Waals surface area (Å²) >= 11 is 0. The molecule has 0 aliphatic heterocycles. The summed E-state index contributed by atoms with van der Waals surface area (Å²) in [6.45, 7) is 10.9. The van der Waals surface area contributed by atoms with Crippen LogP contribution in [0.1, 0.15) is 13.3 Å². The summed E-state index contributed by atoms with van der Waals surface area (Å²) in [5.41, 5.74) is 0. The summed E-state index contributed by atoms with van der Waals surface area (Å²) in [5.74, 6) is 0. The van der Waals surface area contributed by atoms with Crippen molar-refractivity contribution in [1.82, 2.24) is 4.57 Å². The van der Waals surface area contributed by atoms with Crippen LogP contribution in [0.4, 0.5) is 0 Å². The fraction of sp³-hybridized carbons (Fsp3) is 1.00. The summed E-state index contributed by atoms with van der Waals surface area (Å²) in [7, 11) is 1.65. The molecule has 0 amide bonds. The summed E-state index contributed by atoms with van der Waals surface area (Å²) in [5, 5.41) is 0. The maximum atomic E-state index is 2.53. The third kappa shape index (κ3) is 8.49. The molecule has 12 heavy (non-hydrogen) atoms. The van der Waals surface area contributed by atoms with Crippen LogP contribution in [0.15, 0.2) is 0 Å². The Morgan fingerprint density at radius 2 is 1.83 bits per heavy atom. The van der Waals surface area contributed by atoms with Gasteiger partial charge in [0.2, 0.25) is 0 Å². The minimum atomic E-state index is -0.736. The third-order valence-electron chi connectivity index (χ3n) is 2.26. The van der Waals surface area contributed by atoms with Crippen molar-refractivity contribution in [2.75, 3.05) is 13.6 Å². The Morgan fingerprint density at radius 1 is 1.25 bits per heavy atom. The first-order chi connectivity index (χ1) is 5.45. The second kappa shape index (κ2) is 5.94. The van der Waals surface area contributed by atoms with E-state index in [1.807, 2.05) is 0 Å². The van der Waals surface area contributed by atoms with Gasteiger partial charge in [-0.2, -0.15) is 0 Å². The number of hydrogen-bond donors (Lipinski definition) is 0. The Kier molecular flexibility index (Phi) is 6.14. The topological polar surface area (TPSA) is 3.24 Å². The van der Waals surface area contributed by atoms with Gasteiger partial charge in [-0.05, 0) is 13.6 Å². The smallest absolute Gasteiger partial charge is 0.0946 e. The van der Waals surface area contributed by atoms with E-state index in [-0.39, 0.29) is 9.68 Å². The van der Waals surface area contributed by atoms with Crippen LogP contribution in [-0.4, -0.2) is 35.9 Å². The van der Waals surface area contributed by atoms with Crippen LogP contribution in [0.3, 0.4) is 0 Å². The van der Waals surface area contributed by atoms with Crippen LogP contribution in [0.25, 0.3) is 0 Å². The van der Waals surface area contributed by atoms with E-state index < -0.39 is 8.07 Å². The van der Waals surface area contributed by atoms with Gasteiger partial charge < -0.3 is 4.57 Å². The first kappa shape index (κ1) is 12.4. The van der Waals surface area contributed by atoms with Crippen molar-refractivity contribution in [3.05, 3.63) is 0 Å². The van der Waals surface area contributed by atoms with Gasteiger partial charge in [-0.25, -0.2) is 0 Å². The number of rotatable bonds is 6. The predicted octanol–water partition coefficient (Wildman–Crippen LogP) is 2.17. The van der Waals surface area contributed by atoms with Crippen LogP contribution in [-0.2, 0) is 0 Å². The third-order valence-corrected chi connectivity index (χ3v) is 6.14. The van der Waals surface area contributed by atoms with Gasteiger partial charge in [0.25, 0.3) is 0 Å². The van der Waals surface area contributed by atoms with Gasteiger partial charge in [-0.15, -0.1) is 0 Å². The maximum Gasteiger partial charge on any atom is 0.0946 e. The molecule has 1 nitrogen and oxygen atoms in total. The van der Waals surface area contributed by atoms with Crippen LogP contribution in [0, 0.1) is 0 Å². The highest BCUT2D eigenvalue weighted by atomic mass is 28.3. The molecule has 0 spiro atoms. The molecule has 0 atom stereocenters. The molecule has 0 radical (unpaired) electrons. The second-order valence-corrected chi connectivity index (χ2v) is 12.8. The van der Waals surface area contributed by atoms with Gasteiger partial charge in [0.15, 0.2) is 0 Å². The highest BCUT2D eigenvalue weighted by Gasteiger charge is 2.11. The van der Waals surface area contributed by atoms with Crippen molar-refractivity contribution in [1.29, 1.82) is 0 Å². The van der Waals surface area contributed by atoms with Crippen molar-refractivity contribution >= 4 is 17.8 Å². The van der Waals surface area contributed by atoms with E-state index in [9.17, 15) is 0 Å². The van der Waals surface area contributed by atoms with Crippen LogP contribution >= 0.6 is 0 Å². The SMILES string of the molecule is CCN(C)[SiH2]CCC[Si](C)(C)C. The number of nitrogens with zero attached hydrogens (tertiary/aromatic N) is 1. The monoisotopic (exact) mass is 203 g/mol. The zero-order valence-electron chi connectivity index (χ0n) is 9.48. The molecule has 74 valence electrons. The molecule has 0 fully saturated rings. The fourth-order valence-electron chi connectivity index (χ4n) is 1.20. The molecular formula is C9H25NSi2. The lowest BCUT2D eigenvalue weighted by Crippen LogP contribution is -2.23. The molecule has 0 aromatic rings. The van der Waals surface area contributed by atoms with E-state index in [0.29, 0.717) is 0 Å². The highest BCUT2D eigenvalue weighted by Crippen LogP contribution is 2.12. The molecule has 0 unspecified atom stereocenters. The van der Waals surface area contributed by atoms with Crippen molar-refractivity contribution in [2.24, 2.45) is 0 Å². The molecule has 0 aliphatic rings. The average Bonchev–Trinajstić information content (AvgIpc) is 1.96. The lowest BCUT2D eigenvalue weighted by Gasteiger charge is -2.17. The van der Waals surface area contributed by atoms with Gasteiger partial charge in [0.1, 0.15) is 0 Å². The van der Waals surface area contributed by atoms with Crippen molar-refractivity contribution in [3.8, 4) is 0 Å². The Bertz CT molecular complexity index is 110. The molecule has 0 aromatic carbocycles. The van der Waals surface area contributed by atoms with Crippen LogP contribution in [0.2, 0.25) is 31.7 Å². The number of hydrogen-bond acceptors (Lipinski definition) is 1. The van der Waals surface area contributed by atoms with E-state index in [0.717, 1.165) is 0 Å². The van der Waals surface area contributed by atoms with Gasteiger partial charge in [0.05, 0.1) is 9.68 Å². The largest absolute Gasteiger partial charge is 0.332 e. The van der Waals surface area contributed by atoms with Crippen LogP contribution in [0.5, 0.6) is 0 Å². The molecule has 0 N–H and O–H groups in total. The van der Waals surface area contributed by atoms with Gasteiger partial charge >= 0.3 is 0 Å². The molecule has 0 rings (SSSR count). The molecule has 0 saturated heterocycles. The van der Waals surface area contributed by atoms with Crippen molar-refractivity contribution in [3.63, 3.8) is 0 Å². The molecule has 0 bridgehead atoms. The van der Waals surface area contributed by atoms with Gasteiger partial charge in [-0.3, -0.25) is 0 Å².